The summed E-state index contributed by atoms with van der Waals surface area (Å²) in [7, 11) is 1.66. The first-order valence-corrected chi connectivity index (χ1v) is 9.69. The lowest BCUT2D eigenvalue weighted by Gasteiger charge is -2.37. The molecule has 1 atom stereocenters. The van der Waals surface area contributed by atoms with Gasteiger partial charge >= 0.3 is 0 Å². The summed E-state index contributed by atoms with van der Waals surface area (Å²) in [6, 6.07) is 17.5. The summed E-state index contributed by atoms with van der Waals surface area (Å²) in [6.45, 7) is 2.90. The predicted octanol–water partition coefficient (Wildman–Crippen LogP) is 1.81. The molecule has 1 unspecified atom stereocenters. The number of nitrogens with zero attached hydrogens (tertiary/aromatic N) is 6. The Balaban J connectivity index is 1.43. The van der Waals surface area contributed by atoms with Crippen molar-refractivity contribution in [1.82, 2.24) is 25.1 Å². The van der Waals surface area contributed by atoms with E-state index in [1.165, 1.54) is 6.33 Å². The molecular weight excluding hydrogens is 368 g/mol. The van der Waals surface area contributed by atoms with Crippen LogP contribution in [0.5, 0.6) is 5.75 Å². The molecule has 2 aromatic carbocycles. The van der Waals surface area contributed by atoms with Gasteiger partial charge in [-0.2, -0.15) is 0 Å². The van der Waals surface area contributed by atoms with Crippen LogP contribution in [-0.4, -0.2) is 64.3 Å². The minimum atomic E-state index is -0.445. The number of hydrogen-bond acceptors (Lipinski definition) is 6. The third kappa shape index (κ3) is 4.37. The van der Waals surface area contributed by atoms with Crippen molar-refractivity contribution in [2.75, 3.05) is 38.2 Å². The van der Waals surface area contributed by atoms with Gasteiger partial charge in [-0.15, -0.1) is 5.10 Å². The van der Waals surface area contributed by atoms with E-state index in [-0.39, 0.29) is 5.91 Å². The first kappa shape index (κ1) is 18.9. The Hall–Kier alpha value is -3.42. The molecule has 1 amide bonds. The lowest BCUT2D eigenvalue weighted by Crippen LogP contribution is -2.51. The second kappa shape index (κ2) is 8.72. The van der Waals surface area contributed by atoms with Crippen LogP contribution < -0.4 is 9.64 Å². The van der Waals surface area contributed by atoms with E-state index < -0.39 is 6.04 Å². The summed E-state index contributed by atoms with van der Waals surface area (Å²) in [5, 5.41) is 11.4. The van der Waals surface area contributed by atoms with E-state index in [1.54, 1.807) is 11.8 Å². The van der Waals surface area contributed by atoms with Gasteiger partial charge in [-0.3, -0.25) is 4.79 Å². The van der Waals surface area contributed by atoms with Gasteiger partial charge in [0.2, 0.25) is 5.91 Å². The molecule has 1 aromatic heterocycles. The number of carbonyl (C=O) groups is 1. The van der Waals surface area contributed by atoms with Crippen LogP contribution in [0.25, 0.3) is 0 Å². The van der Waals surface area contributed by atoms with E-state index in [9.17, 15) is 4.79 Å². The topological polar surface area (TPSA) is 76.4 Å². The Morgan fingerprint density at radius 2 is 1.76 bits per heavy atom. The van der Waals surface area contributed by atoms with Crippen molar-refractivity contribution in [3.63, 3.8) is 0 Å². The van der Waals surface area contributed by atoms with Gasteiger partial charge in [-0.25, -0.2) is 4.68 Å². The van der Waals surface area contributed by atoms with Crippen LogP contribution in [0.1, 0.15) is 11.6 Å². The van der Waals surface area contributed by atoms with Gasteiger partial charge in [0, 0.05) is 38.3 Å². The highest BCUT2D eigenvalue weighted by Crippen LogP contribution is 2.22. The van der Waals surface area contributed by atoms with Crippen LogP contribution in [0.3, 0.4) is 0 Å². The number of anilines is 1. The van der Waals surface area contributed by atoms with Gasteiger partial charge in [0.15, 0.2) is 0 Å². The van der Waals surface area contributed by atoms with E-state index >= 15 is 0 Å². The highest BCUT2D eigenvalue weighted by atomic mass is 16.5. The molecule has 8 nitrogen and oxygen atoms in total. The maximum absolute atomic E-state index is 13.3. The second-order valence-electron chi connectivity index (χ2n) is 7.01. The number of piperazine rings is 1. The van der Waals surface area contributed by atoms with E-state index in [4.69, 9.17) is 4.74 Å². The van der Waals surface area contributed by atoms with Crippen molar-refractivity contribution < 1.29 is 9.53 Å². The Bertz CT molecular complexity index is 906. The molecule has 8 heteroatoms. The second-order valence-corrected chi connectivity index (χ2v) is 7.01. The van der Waals surface area contributed by atoms with Crippen molar-refractivity contribution in [3.8, 4) is 5.75 Å². The standard InChI is InChI=1S/C21H24N6O2/c1-29-19-9-7-18(8-10-19)25-11-13-26(14-12-25)21(28)20(27-16-22-23-24-27)15-17-5-3-2-4-6-17/h2-10,16,20H,11-15H2,1H3. The first-order chi connectivity index (χ1) is 14.2. The number of methoxy groups -OCH3 is 1. The van der Waals surface area contributed by atoms with E-state index in [2.05, 4.69) is 32.6 Å². The summed E-state index contributed by atoms with van der Waals surface area (Å²) >= 11 is 0. The molecule has 0 aliphatic carbocycles. The molecule has 150 valence electrons. The molecular formula is C21H24N6O2. The molecule has 0 bridgehead atoms. The van der Waals surface area contributed by atoms with Crippen LogP contribution in [0.2, 0.25) is 0 Å². The third-order valence-electron chi connectivity index (χ3n) is 5.27. The van der Waals surface area contributed by atoms with Crippen LogP contribution in [0.4, 0.5) is 5.69 Å². The number of amides is 1. The number of hydrogen-bond donors (Lipinski definition) is 0. The summed E-state index contributed by atoms with van der Waals surface area (Å²) in [6.07, 6.45) is 2.07. The maximum Gasteiger partial charge on any atom is 0.248 e. The van der Waals surface area contributed by atoms with Crippen LogP contribution in [0.15, 0.2) is 60.9 Å². The van der Waals surface area contributed by atoms with Crippen LogP contribution in [0, 0.1) is 0 Å². The zero-order chi connectivity index (χ0) is 20.1. The highest BCUT2D eigenvalue weighted by Gasteiger charge is 2.29. The third-order valence-corrected chi connectivity index (χ3v) is 5.27. The Kier molecular flexibility index (Phi) is 5.69. The molecule has 1 aliphatic rings. The van der Waals surface area contributed by atoms with Gasteiger partial charge in [0.05, 0.1) is 7.11 Å². The Labute approximate surface area is 169 Å². The Morgan fingerprint density at radius 3 is 2.38 bits per heavy atom. The van der Waals surface area contributed by atoms with Crippen LogP contribution in [-0.2, 0) is 11.2 Å². The smallest absolute Gasteiger partial charge is 0.248 e. The molecule has 2 heterocycles. The zero-order valence-corrected chi connectivity index (χ0v) is 16.4. The SMILES string of the molecule is COc1ccc(N2CCN(C(=O)C(Cc3ccccc3)n3cnnn3)CC2)cc1. The number of ether oxygens (including phenoxy) is 1. The zero-order valence-electron chi connectivity index (χ0n) is 16.4. The van der Waals surface area contributed by atoms with E-state index in [1.807, 2.05) is 47.4 Å². The summed E-state index contributed by atoms with van der Waals surface area (Å²) < 4.78 is 6.79. The largest absolute Gasteiger partial charge is 0.497 e. The normalized spacial score (nSPS) is 15.2. The highest BCUT2D eigenvalue weighted by molar-refractivity contribution is 5.81. The van der Waals surface area contributed by atoms with Crippen molar-refractivity contribution in [1.29, 1.82) is 0 Å². The monoisotopic (exact) mass is 392 g/mol. The number of benzene rings is 2. The van der Waals surface area contributed by atoms with E-state index in [0.29, 0.717) is 19.5 Å². The lowest BCUT2D eigenvalue weighted by atomic mass is 10.0. The van der Waals surface area contributed by atoms with Crippen molar-refractivity contribution in [3.05, 3.63) is 66.5 Å². The van der Waals surface area contributed by atoms with E-state index in [0.717, 1.165) is 30.1 Å². The number of rotatable bonds is 6. The van der Waals surface area contributed by atoms with Crippen molar-refractivity contribution in [2.24, 2.45) is 0 Å². The Morgan fingerprint density at radius 1 is 1.03 bits per heavy atom. The molecule has 1 fully saturated rings. The molecule has 0 N–H and O–H groups in total. The van der Waals surface area contributed by atoms with Gasteiger partial charge < -0.3 is 14.5 Å². The quantitative estimate of drug-likeness (QED) is 0.637. The molecule has 0 saturated carbocycles. The minimum absolute atomic E-state index is 0.0514. The van der Waals surface area contributed by atoms with Gasteiger partial charge in [-0.05, 0) is 40.3 Å². The fraction of sp³-hybridized carbons (Fsp3) is 0.333. The number of carbonyl (C=O) groups excluding carboxylic acids is 1. The van der Waals surface area contributed by atoms with Crippen molar-refractivity contribution >= 4 is 11.6 Å². The fourth-order valence-electron chi connectivity index (χ4n) is 3.63. The number of aromatic nitrogens is 4. The molecule has 0 radical (unpaired) electrons. The molecule has 1 aliphatic heterocycles. The summed E-state index contributed by atoms with van der Waals surface area (Å²) in [4.78, 5) is 17.5. The summed E-state index contributed by atoms with van der Waals surface area (Å²) in [5.74, 6) is 0.892. The average molecular weight is 392 g/mol. The molecule has 4 rings (SSSR count). The van der Waals surface area contributed by atoms with Crippen LogP contribution >= 0.6 is 0 Å². The lowest BCUT2D eigenvalue weighted by molar-refractivity contribution is -0.135. The van der Waals surface area contributed by atoms with Crippen molar-refractivity contribution in [2.45, 2.75) is 12.5 Å². The predicted molar refractivity (Wildman–Crippen MR) is 109 cm³/mol. The molecule has 1 saturated heterocycles. The fourth-order valence-corrected chi connectivity index (χ4v) is 3.63. The minimum Gasteiger partial charge on any atom is -0.497 e. The van der Waals surface area contributed by atoms with Gasteiger partial charge in [0.25, 0.3) is 0 Å². The molecule has 29 heavy (non-hydrogen) atoms. The average Bonchev–Trinajstić information content (AvgIpc) is 3.32. The molecule has 0 spiro atoms. The molecule has 3 aromatic rings. The first-order valence-electron chi connectivity index (χ1n) is 9.69. The van der Waals surface area contributed by atoms with Gasteiger partial charge in [0.1, 0.15) is 18.1 Å². The number of tetrazole rings is 1. The van der Waals surface area contributed by atoms with Gasteiger partial charge in [-0.1, -0.05) is 30.3 Å². The summed E-state index contributed by atoms with van der Waals surface area (Å²) in [5.41, 5.74) is 2.22. The maximum atomic E-state index is 13.3.